The molecule has 0 heterocycles. The molecular weight excluding hydrogens is 218 g/mol. The standard InChI is InChI=1S/C8H12BrN3/c9-6-1-2-8(7(11)5-6)12-4-3-10/h1-2,5,12H,3-4,10-11H2. The van der Waals surface area contributed by atoms with E-state index in [0.29, 0.717) is 6.54 Å². The van der Waals surface area contributed by atoms with Crippen molar-refractivity contribution in [3.8, 4) is 0 Å². The summed E-state index contributed by atoms with van der Waals surface area (Å²) in [4.78, 5) is 0. The monoisotopic (exact) mass is 229 g/mol. The molecule has 0 unspecified atom stereocenters. The molecule has 66 valence electrons. The molecule has 0 aliphatic heterocycles. The predicted molar refractivity (Wildman–Crippen MR) is 56.1 cm³/mol. The van der Waals surface area contributed by atoms with Crippen molar-refractivity contribution in [1.29, 1.82) is 0 Å². The molecule has 0 aromatic heterocycles. The summed E-state index contributed by atoms with van der Waals surface area (Å²) in [5.74, 6) is 0. The lowest BCUT2D eigenvalue weighted by Crippen LogP contribution is -2.13. The second kappa shape index (κ2) is 4.33. The van der Waals surface area contributed by atoms with Crippen molar-refractivity contribution in [2.45, 2.75) is 0 Å². The lowest BCUT2D eigenvalue weighted by Gasteiger charge is -2.07. The van der Waals surface area contributed by atoms with Crippen LogP contribution in [-0.4, -0.2) is 13.1 Å². The van der Waals surface area contributed by atoms with Gasteiger partial charge in [-0.3, -0.25) is 0 Å². The first-order valence-corrected chi connectivity index (χ1v) is 4.52. The van der Waals surface area contributed by atoms with Crippen LogP contribution in [0, 0.1) is 0 Å². The summed E-state index contributed by atoms with van der Waals surface area (Å²) < 4.78 is 0.985. The van der Waals surface area contributed by atoms with E-state index in [0.717, 1.165) is 22.4 Å². The van der Waals surface area contributed by atoms with Crippen LogP contribution in [0.4, 0.5) is 11.4 Å². The maximum absolute atomic E-state index is 5.73. The Morgan fingerprint density at radius 2 is 2.17 bits per heavy atom. The zero-order valence-electron chi connectivity index (χ0n) is 6.68. The quantitative estimate of drug-likeness (QED) is 0.687. The Kier molecular flexibility index (Phi) is 3.37. The third kappa shape index (κ3) is 2.39. The van der Waals surface area contributed by atoms with Crippen molar-refractivity contribution >= 4 is 27.3 Å². The Balaban J connectivity index is 2.72. The number of hydrogen-bond acceptors (Lipinski definition) is 3. The summed E-state index contributed by atoms with van der Waals surface area (Å²) in [7, 11) is 0. The number of nitrogen functional groups attached to an aromatic ring is 1. The van der Waals surface area contributed by atoms with Crippen molar-refractivity contribution < 1.29 is 0 Å². The van der Waals surface area contributed by atoms with E-state index in [1.807, 2.05) is 18.2 Å². The van der Waals surface area contributed by atoms with Gasteiger partial charge < -0.3 is 16.8 Å². The number of rotatable bonds is 3. The van der Waals surface area contributed by atoms with E-state index in [2.05, 4.69) is 21.2 Å². The molecule has 0 spiro atoms. The highest BCUT2D eigenvalue weighted by Crippen LogP contribution is 2.22. The SMILES string of the molecule is NCCNc1ccc(Br)cc1N. The van der Waals surface area contributed by atoms with Crippen LogP contribution in [0.25, 0.3) is 0 Å². The largest absolute Gasteiger partial charge is 0.397 e. The zero-order chi connectivity index (χ0) is 8.97. The number of anilines is 2. The molecule has 0 saturated carbocycles. The van der Waals surface area contributed by atoms with E-state index < -0.39 is 0 Å². The van der Waals surface area contributed by atoms with Gasteiger partial charge in [-0.05, 0) is 18.2 Å². The first-order valence-electron chi connectivity index (χ1n) is 3.73. The maximum atomic E-state index is 5.73. The highest BCUT2D eigenvalue weighted by molar-refractivity contribution is 9.10. The highest BCUT2D eigenvalue weighted by atomic mass is 79.9. The van der Waals surface area contributed by atoms with Gasteiger partial charge in [0.05, 0.1) is 11.4 Å². The van der Waals surface area contributed by atoms with Gasteiger partial charge in [-0.2, -0.15) is 0 Å². The van der Waals surface area contributed by atoms with Crippen molar-refractivity contribution in [3.63, 3.8) is 0 Å². The third-order valence-electron chi connectivity index (χ3n) is 1.47. The zero-order valence-corrected chi connectivity index (χ0v) is 8.26. The van der Waals surface area contributed by atoms with Crippen LogP contribution < -0.4 is 16.8 Å². The Labute approximate surface area is 80.3 Å². The van der Waals surface area contributed by atoms with Gasteiger partial charge in [0.15, 0.2) is 0 Å². The minimum atomic E-state index is 0.607. The fourth-order valence-electron chi connectivity index (χ4n) is 0.901. The second-order valence-corrected chi connectivity index (χ2v) is 3.36. The average molecular weight is 230 g/mol. The molecule has 5 N–H and O–H groups in total. The van der Waals surface area contributed by atoms with Crippen LogP contribution in [0.5, 0.6) is 0 Å². The number of hydrogen-bond donors (Lipinski definition) is 3. The van der Waals surface area contributed by atoms with Gasteiger partial charge >= 0.3 is 0 Å². The molecule has 1 aromatic carbocycles. The summed E-state index contributed by atoms with van der Waals surface area (Å²) in [5, 5.41) is 3.12. The number of nitrogens with one attached hydrogen (secondary N) is 1. The fraction of sp³-hybridized carbons (Fsp3) is 0.250. The molecule has 0 aliphatic rings. The smallest absolute Gasteiger partial charge is 0.0575 e. The molecule has 0 bridgehead atoms. The Hall–Kier alpha value is -0.740. The van der Waals surface area contributed by atoms with Gasteiger partial charge in [0, 0.05) is 17.6 Å². The average Bonchev–Trinajstić information content (AvgIpc) is 2.03. The molecule has 1 rings (SSSR count). The van der Waals surface area contributed by atoms with E-state index in [4.69, 9.17) is 11.5 Å². The predicted octanol–water partition coefficient (Wildman–Crippen LogP) is 1.40. The molecular formula is C8H12BrN3. The number of benzene rings is 1. The lowest BCUT2D eigenvalue weighted by molar-refractivity contribution is 1.02. The van der Waals surface area contributed by atoms with E-state index in [1.165, 1.54) is 0 Å². The fourth-order valence-corrected chi connectivity index (χ4v) is 1.28. The molecule has 1 aromatic rings. The molecule has 3 nitrogen and oxygen atoms in total. The van der Waals surface area contributed by atoms with Crippen LogP contribution in [0.1, 0.15) is 0 Å². The Bertz CT molecular complexity index is 262. The van der Waals surface area contributed by atoms with E-state index in [9.17, 15) is 0 Å². The van der Waals surface area contributed by atoms with Gasteiger partial charge in [0.2, 0.25) is 0 Å². The summed E-state index contributed by atoms with van der Waals surface area (Å²) in [6.45, 7) is 1.35. The first kappa shape index (κ1) is 9.35. The topological polar surface area (TPSA) is 64.1 Å². The lowest BCUT2D eigenvalue weighted by atomic mass is 10.3. The highest BCUT2D eigenvalue weighted by Gasteiger charge is 1.96. The molecule has 0 amide bonds. The van der Waals surface area contributed by atoms with Crippen molar-refractivity contribution in [2.75, 3.05) is 24.1 Å². The second-order valence-electron chi connectivity index (χ2n) is 2.45. The Morgan fingerprint density at radius 1 is 1.42 bits per heavy atom. The van der Waals surface area contributed by atoms with E-state index in [-0.39, 0.29) is 0 Å². The molecule has 0 radical (unpaired) electrons. The van der Waals surface area contributed by atoms with Crippen molar-refractivity contribution in [2.24, 2.45) is 5.73 Å². The van der Waals surface area contributed by atoms with Gasteiger partial charge in [0.1, 0.15) is 0 Å². The third-order valence-corrected chi connectivity index (χ3v) is 1.97. The molecule has 12 heavy (non-hydrogen) atoms. The summed E-state index contributed by atoms with van der Waals surface area (Å²) >= 11 is 3.33. The normalized spacial score (nSPS) is 9.83. The maximum Gasteiger partial charge on any atom is 0.0575 e. The first-order chi connectivity index (χ1) is 5.74. The van der Waals surface area contributed by atoms with Gasteiger partial charge in [0.25, 0.3) is 0 Å². The van der Waals surface area contributed by atoms with Crippen molar-refractivity contribution in [1.82, 2.24) is 0 Å². The van der Waals surface area contributed by atoms with Crippen molar-refractivity contribution in [3.05, 3.63) is 22.7 Å². The van der Waals surface area contributed by atoms with E-state index in [1.54, 1.807) is 0 Å². The molecule has 0 atom stereocenters. The van der Waals surface area contributed by atoms with Crippen LogP contribution in [0.3, 0.4) is 0 Å². The molecule has 4 heteroatoms. The van der Waals surface area contributed by atoms with Gasteiger partial charge in [-0.25, -0.2) is 0 Å². The van der Waals surface area contributed by atoms with Crippen LogP contribution in [0.2, 0.25) is 0 Å². The summed E-state index contributed by atoms with van der Waals surface area (Å²) in [5.41, 5.74) is 12.7. The molecule has 0 saturated heterocycles. The van der Waals surface area contributed by atoms with E-state index >= 15 is 0 Å². The molecule has 0 fully saturated rings. The summed E-state index contributed by atoms with van der Waals surface area (Å²) in [6, 6.07) is 5.73. The Morgan fingerprint density at radius 3 is 2.75 bits per heavy atom. The minimum absolute atomic E-state index is 0.607. The van der Waals surface area contributed by atoms with Crippen LogP contribution in [0.15, 0.2) is 22.7 Å². The molecule has 0 aliphatic carbocycles. The summed E-state index contributed by atoms with van der Waals surface area (Å²) in [6.07, 6.45) is 0. The number of nitrogens with two attached hydrogens (primary N) is 2. The minimum Gasteiger partial charge on any atom is -0.397 e. The van der Waals surface area contributed by atoms with Gasteiger partial charge in [-0.1, -0.05) is 15.9 Å². The number of halogens is 1. The van der Waals surface area contributed by atoms with Crippen LogP contribution in [-0.2, 0) is 0 Å². The van der Waals surface area contributed by atoms with Gasteiger partial charge in [-0.15, -0.1) is 0 Å². The van der Waals surface area contributed by atoms with Crippen LogP contribution >= 0.6 is 15.9 Å².